The Morgan fingerprint density at radius 1 is 0.975 bits per heavy atom. The SMILES string of the molecule is CN(CCCCCC(=O)NCCCCNO)CCC[n+]1ccc(C=C2Sc3ccccc3N2C)c2ccccc21. The largest absolute Gasteiger partial charge is 0.356 e. The van der Waals surface area contributed by atoms with Gasteiger partial charge in [-0.3, -0.25) is 4.79 Å². The van der Waals surface area contributed by atoms with Crippen LogP contribution in [-0.2, 0) is 11.3 Å². The van der Waals surface area contributed by atoms with Gasteiger partial charge < -0.3 is 20.3 Å². The number of nitrogens with one attached hydrogen (secondary N) is 2. The number of para-hydroxylation sites is 2. The van der Waals surface area contributed by atoms with Crippen LogP contribution in [0, 0.1) is 0 Å². The maximum absolute atomic E-state index is 11.9. The molecule has 1 aliphatic rings. The zero-order valence-corrected chi connectivity index (χ0v) is 24.8. The van der Waals surface area contributed by atoms with Crippen molar-refractivity contribution in [1.82, 2.24) is 15.7 Å². The average molecular weight is 563 g/mol. The van der Waals surface area contributed by atoms with Crippen molar-refractivity contribution in [3.05, 3.63) is 71.4 Å². The molecule has 0 spiro atoms. The lowest BCUT2D eigenvalue weighted by atomic mass is 10.1. The van der Waals surface area contributed by atoms with Crippen LogP contribution in [0.25, 0.3) is 17.0 Å². The van der Waals surface area contributed by atoms with Crippen molar-refractivity contribution in [2.24, 2.45) is 0 Å². The Labute approximate surface area is 243 Å². The van der Waals surface area contributed by atoms with E-state index in [1.54, 1.807) is 0 Å². The summed E-state index contributed by atoms with van der Waals surface area (Å²) < 4.78 is 2.38. The van der Waals surface area contributed by atoms with Crippen molar-refractivity contribution in [3.8, 4) is 0 Å². The number of aryl methyl sites for hydroxylation is 1. The van der Waals surface area contributed by atoms with Crippen LogP contribution >= 0.6 is 11.8 Å². The quantitative estimate of drug-likeness (QED) is 0.123. The van der Waals surface area contributed by atoms with Crippen LogP contribution in [-0.4, -0.2) is 56.3 Å². The number of carbonyl (C=O) groups excluding carboxylic acids is 1. The fraction of sp³-hybridized carbons (Fsp3) is 0.438. The van der Waals surface area contributed by atoms with Gasteiger partial charge in [-0.05, 0) is 69.1 Å². The van der Waals surface area contributed by atoms with Gasteiger partial charge in [-0.15, -0.1) is 0 Å². The molecule has 0 saturated heterocycles. The molecule has 2 heterocycles. The minimum Gasteiger partial charge on any atom is -0.356 e. The van der Waals surface area contributed by atoms with Crippen molar-refractivity contribution in [2.45, 2.75) is 56.4 Å². The average Bonchev–Trinajstić information content (AvgIpc) is 3.28. The number of rotatable bonds is 16. The third-order valence-corrected chi connectivity index (χ3v) is 8.60. The summed E-state index contributed by atoms with van der Waals surface area (Å²) in [5.41, 5.74) is 5.92. The summed E-state index contributed by atoms with van der Waals surface area (Å²) >= 11 is 1.83. The highest BCUT2D eigenvalue weighted by atomic mass is 32.2. The molecule has 0 radical (unpaired) electrons. The fourth-order valence-corrected chi connectivity index (χ4v) is 6.22. The standard InChI is InChI=1S/C32H43N5O2S/c1-35(21-11-3-4-17-31(38)33-19-9-10-20-34-39)22-12-23-37-24-18-26(27-13-5-6-14-28(27)37)25-32-36(2)29-15-7-8-16-30(29)40-32/h5-8,13-16,18,24-25,34,39H,3-4,9-12,17,19-23H2,1-2H3/p+1. The molecule has 0 atom stereocenters. The van der Waals surface area contributed by atoms with E-state index in [1.165, 1.54) is 32.1 Å². The van der Waals surface area contributed by atoms with E-state index in [4.69, 9.17) is 5.21 Å². The Balaban J connectivity index is 1.20. The number of benzene rings is 2. The Kier molecular flexibility index (Phi) is 11.8. The van der Waals surface area contributed by atoms with Gasteiger partial charge in [-0.2, -0.15) is 4.57 Å². The van der Waals surface area contributed by atoms with E-state index in [0.29, 0.717) is 19.5 Å². The molecule has 1 aromatic heterocycles. The lowest BCUT2D eigenvalue weighted by Crippen LogP contribution is -2.36. The molecule has 0 unspecified atom stereocenters. The topological polar surface area (TPSA) is 71.7 Å². The van der Waals surface area contributed by atoms with Crippen LogP contribution in [0.2, 0.25) is 0 Å². The van der Waals surface area contributed by atoms with Crippen LogP contribution in [0.3, 0.4) is 0 Å². The van der Waals surface area contributed by atoms with Gasteiger partial charge >= 0.3 is 0 Å². The molecular weight excluding hydrogens is 518 g/mol. The fourth-order valence-electron chi connectivity index (χ4n) is 5.12. The molecular formula is C32H44N5O2S+. The highest BCUT2D eigenvalue weighted by Crippen LogP contribution is 2.45. The molecule has 7 nitrogen and oxygen atoms in total. The first-order valence-electron chi connectivity index (χ1n) is 14.5. The van der Waals surface area contributed by atoms with Gasteiger partial charge in [0.15, 0.2) is 6.20 Å². The first-order valence-corrected chi connectivity index (χ1v) is 15.3. The third kappa shape index (κ3) is 8.54. The van der Waals surface area contributed by atoms with Crippen molar-refractivity contribution in [3.63, 3.8) is 0 Å². The molecule has 3 aromatic rings. The number of aromatic nitrogens is 1. The van der Waals surface area contributed by atoms with Gasteiger partial charge in [-0.25, -0.2) is 5.48 Å². The van der Waals surface area contributed by atoms with Crippen molar-refractivity contribution in [1.29, 1.82) is 0 Å². The predicted molar refractivity (Wildman–Crippen MR) is 165 cm³/mol. The monoisotopic (exact) mass is 562 g/mol. The van der Waals surface area contributed by atoms with Gasteiger partial charge in [0, 0.05) is 56.6 Å². The van der Waals surface area contributed by atoms with E-state index in [1.807, 2.05) is 11.8 Å². The summed E-state index contributed by atoms with van der Waals surface area (Å²) in [7, 11) is 4.34. The number of thioether (sulfide) groups is 1. The zero-order chi connectivity index (χ0) is 28.2. The number of carbonyl (C=O) groups is 1. The number of fused-ring (bicyclic) bond motifs is 2. The third-order valence-electron chi connectivity index (χ3n) is 7.43. The number of hydrogen-bond donors (Lipinski definition) is 3. The Hall–Kier alpha value is -2.91. The van der Waals surface area contributed by atoms with Crippen molar-refractivity contribution < 1.29 is 14.6 Å². The molecule has 8 heteroatoms. The molecule has 0 aliphatic carbocycles. The number of hydroxylamine groups is 1. The molecule has 1 aliphatic heterocycles. The molecule has 40 heavy (non-hydrogen) atoms. The zero-order valence-electron chi connectivity index (χ0n) is 23.9. The van der Waals surface area contributed by atoms with Crippen LogP contribution in [0.5, 0.6) is 0 Å². The first-order chi connectivity index (χ1) is 19.6. The summed E-state index contributed by atoms with van der Waals surface area (Å²) in [5.74, 6) is 0.135. The number of pyridine rings is 1. The Bertz CT molecular complexity index is 1280. The van der Waals surface area contributed by atoms with Gasteiger partial charge in [0.1, 0.15) is 6.54 Å². The highest BCUT2D eigenvalue weighted by molar-refractivity contribution is 8.03. The van der Waals surface area contributed by atoms with E-state index in [-0.39, 0.29) is 5.91 Å². The molecule has 0 saturated carbocycles. The van der Waals surface area contributed by atoms with Crippen LogP contribution in [0.4, 0.5) is 5.69 Å². The lowest BCUT2D eigenvalue weighted by molar-refractivity contribution is -0.671. The van der Waals surface area contributed by atoms with E-state index >= 15 is 0 Å². The first kappa shape index (κ1) is 30.1. The minimum atomic E-state index is 0.135. The molecule has 4 rings (SSSR count). The second-order valence-electron chi connectivity index (χ2n) is 10.5. The van der Waals surface area contributed by atoms with E-state index < -0.39 is 0 Å². The maximum Gasteiger partial charge on any atom is 0.219 e. The van der Waals surface area contributed by atoms with Crippen LogP contribution < -0.4 is 20.3 Å². The van der Waals surface area contributed by atoms with E-state index in [0.717, 1.165) is 58.2 Å². The highest BCUT2D eigenvalue weighted by Gasteiger charge is 2.22. The molecule has 3 N–H and O–H groups in total. The van der Waals surface area contributed by atoms with Gasteiger partial charge in [0.25, 0.3) is 0 Å². The molecule has 0 fully saturated rings. The van der Waals surface area contributed by atoms with Gasteiger partial charge in [0.05, 0.1) is 16.1 Å². The second kappa shape index (κ2) is 15.8. The second-order valence-corrected chi connectivity index (χ2v) is 11.6. The smallest absolute Gasteiger partial charge is 0.219 e. The number of anilines is 1. The molecule has 0 bridgehead atoms. The van der Waals surface area contributed by atoms with Crippen molar-refractivity contribution >= 4 is 40.3 Å². The Morgan fingerprint density at radius 2 is 1.75 bits per heavy atom. The van der Waals surface area contributed by atoms with E-state index in [9.17, 15) is 4.79 Å². The lowest BCUT2D eigenvalue weighted by Gasteiger charge is -2.16. The van der Waals surface area contributed by atoms with Crippen LogP contribution in [0.1, 0.15) is 50.5 Å². The van der Waals surface area contributed by atoms with E-state index in [2.05, 4.69) is 106 Å². The summed E-state index contributed by atoms with van der Waals surface area (Å²) in [6.45, 7) is 4.34. The van der Waals surface area contributed by atoms with Gasteiger partial charge in [0.2, 0.25) is 11.4 Å². The summed E-state index contributed by atoms with van der Waals surface area (Å²) in [6.07, 6.45) is 11.1. The van der Waals surface area contributed by atoms with Gasteiger partial charge in [-0.1, -0.05) is 42.4 Å². The minimum absolute atomic E-state index is 0.135. The molecule has 2 aromatic carbocycles. The van der Waals surface area contributed by atoms with Crippen molar-refractivity contribution in [2.75, 3.05) is 45.2 Å². The summed E-state index contributed by atoms with van der Waals surface area (Å²) in [4.78, 5) is 17.9. The molecule has 1 amide bonds. The predicted octanol–water partition coefficient (Wildman–Crippen LogP) is 5.43. The van der Waals surface area contributed by atoms with Crippen LogP contribution in [0.15, 0.2) is 70.7 Å². The number of nitrogens with zero attached hydrogens (tertiary/aromatic N) is 3. The number of unbranched alkanes of at least 4 members (excludes halogenated alkanes) is 3. The maximum atomic E-state index is 11.9. The summed E-state index contributed by atoms with van der Waals surface area (Å²) in [6, 6.07) is 19.5. The molecule has 214 valence electrons. The Morgan fingerprint density at radius 3 is 2.60 bits per heavy atom. The number of hydrogen-bond acceptors (Lipinski definition) is 6. The summed E-state index contributed by atoms with van der Waals surface area (Å²) in [5, 5.41) is 14.0. The number of amides is 1. The normalized spacial score (nSPS) is 13.9.